The second kappa shape index (κ2) is 8.91. The Balaban J connectivity index is 1.71. The van der Waals surface area contributed by atoms with Gasteiger partial charge >= 0.3 is 0 Å². The molecule has 0 saturated carbocycles. The van der Waals surface area contributed by atoms with Crippen LogP contribution in [0.2, 0.25) is 0 Å². The van der Waals surface area contributed by atoms with Crippen LogP contribution in [0.3, 0.4) is 0 Å². The Morgan fingerprint density at radius 1 is 1.15 bits per heavy atom. The number of piperidine rings is 1. The van der Waals surface area contributed by atoms with Crippen LogP contribution in [0.1, 0.15) is 19.8 Å². The maximum absolute atomic E-state index is 12.8. The van der Waals surface area contributed by atoms with E-state index in [0.29, 0.717) is 19.4 Å². The zero-order chi connectivity index (χ0) is 19.3. The summed E-state index contributed by atoms with van der Waals surface area (Å²) in [7, 11) is -3.26. The van der Waals surface area contributed by atoms with Gasteiger partial charge < -0.3 is 5.32 Å². The summed E-state index contributed by atoms with van der Waals surface area (Å²) in [4.78, 5) is 14.8. The van der Waals surface area contributed by atoms with E-state index >= 15 is 0 Å². The lowest BCUT2D eigenvalue weighted by Gasteiger charge is -2.31. The summed E-state index contributed by atoms with van der Waals surface area (Å²) in [6.45, 7) is 2.40. The minimum Gasteiger partial charge on any atom is -0.325 e. The summed E-state index contributed by atoms with van der Waals surface area (Å²) in [6.07, 6.45) is 1.41. The first-order valence-corrected chi connectivity index (χ1v) is 11.5. The number of para-hydroxylation sites is 1. The topological polar surface area (TPSA) is 66.5 Å². The molecule has 1 heterocycles. The maximum atomic E-state index is 12.8. The fraction of sp³-hybridized carbons (Fsp3) is 0.350. The van der Waals surface area contributed by atoms with Crippen LogP contribution in [0.25, 0.3) is 0 Å². The summed E-state index contributed by atoms with van der Waals surface area (Å²) in [6, 6.07) is 17.7. The number of anilines is 1. The molecule has 0 aliphatic carbocycles. The second-order valence-corrected chi connectivity index (χ2v) is 9.87. The maximum Gasteiger partial charge on any atom is 0.228 e. The van der Waals surface area contributed by atoms with Crippen LogP contribution in [0.4, 0.5) is 5.69 Å². The van der Waals surface area contributed by atoms with Crippen molar-refractivity contribution in [3.63, 3.8) is 0 Å². The molecule has 1 saturated heterocycles. The van der Waals surface area contributed by atoms with Crippen molar-refractivity contribution < 1.29 is 13.2 Å². The fourth-order valence-electron chi connectivity index (χ4n) is 3.10. The Hall–Kier alpha value is -1.83. The largest absolute Gasteiger partial charge is 0.325 e. The highest BCUT2D eigenvalue weighted by atomic mass is 32.2. The number of amides is 1. The van der Waals surface area contributed by atoms with E-state index in [4.69, 9.17) is 0 Å². The molecule has 1 fully saturated rings. The third-order valence-corrected chi connectivity index (χ3v) is 7.56. The fourth-order valence-corrected chi connectivity index (χ4v) is 5.20. The lowest BCUT2D eigenvalue weighted by atomic mass is 9.99. The quantitative estimate of drug-likeness (QED) is 0.794. The number of nitrogens with zero attached hydrogens (tertiary/aromatic N) is 1. The zero-order valence-electron chi connectivity index (χ0n) is 15.3. The lowest BCUT2D eigenvalue weighted by Crippen LogP contribution is -2.44. The van der Waals surface area contributed by atoms with Gasteiger partial charge in [-0.25, -0.2) is 12.7 Å². The van der Waals surface area contributed by atoms with Gasteiger partial charge in [0.1, 0.15) is 0 Å². The highest BCUT2D eigenvalue weighted by Crippen LogP contribution is 2.33. The molecule has 1 atom stereocenters. The minimum atomic E-state index is -3.26. The first-order chi connectivity index (χ1) is 13.0. The molecule has 1 aliphatic heterocycles. The predicted octanol–water partition coefficient (Wildman–Crippen LogP) is 3.84. The van der Waals surface area contributed by atoms with Crippen molar-refractivity contribution in [2.45, 2.75) is 29.6 Å². The van der Waals surface area contributed by atoms with E-state index in [-0.39, 0.29) is 24.1 Å². The molecule has 1 N–H and O–H groups in total. The number of hydrogen-bond donors (Lipinski definition) is 1. The molecule has 27 heavy (non-hydrogen) atoms. The van der Waals surface area contributed by atoms with Crippen LogP contribution in [0.15, 0.2) is 64.4 Å². The molecule has 0 radical (unpaired) electrons. The van der Waals surface area contributed by atoms with E-state index in [1.807, 2.05) is 54.6 Å². The number of carbonyl (C=O) groups is 1. The minimum absolute atomic E-state index is 0.0673. The second-order valence-electron chi connectivity index (χ2n) is 6.50. The summed E-state index contributed by atoms with van der Waals surface area (Å²) in [5.41, 5.74) is 0.756. The number of benzene rings is 2. The third-order valence-electron chi connectivity index (χ3n) is 4.63. The summed E-state index contributed by atoms with van der Waals surface area (Å²) in [5.74, 6) is -0.375. The monoisotopic (exact) mass is 404 g/mol. The van der Waals surface area contributed by atoms with E-state index in [0.717, 1.165) is 15.5 Å². The summed E-state index contributed by atoms with van der Waals surface area (Å²) in [5, 5.41) is 3.01. The highest BCUT2D eigenvalue weighted by Gasteiger charge is 2.31. The molecule has 1 amide bonds. The Morgan fingerprint density at radius 2 is 1.85 bits per heavy atom. The Bertz CT molecular complexity index is 885. The van der Waals surface area contributed by atoms with Crippen LogP contribution >= 0.6 is 11.8 Å². The standard InChI is InChI=1S/C20H24N2O3S2/c1-2-27(24,25)22-14-8-9-16(15-22)20(23)21-18-12-6-7-13-19(18)26-17-10-4-3-5-11-17/h3-7,10-13,16H,2,8-9,14-15H2,1H3,(H,21,23)/t16-/m1/s1. The molecular formula is C20H24N2O3S2. The Kier molecular flexibility index (Phi) is 6.57. The Morgan fingerprint density at radius 3 is 2.59 bits per heavy atom. The van der Waals surface area contributed by atoms with E-state index in [9.17, 15) is 13.2 Å². The molecule has 0 aromatic heterocycles. The van der Waals surface area contributed by atoms with Crippen LogP contribution in [-0.4, -0.2) is 37.5 Å². The molecule has 0 unspecified atom stereocenters. The van der Waals surface area contributed by atoms with E-state index in [2.05, 4.69) is 5.32 Å². The Labute approximate surface area is 165 Å². The number of nitrogens with one attached hydrogen (secondary N) is 1. The van der Waals surface area contributed by atoms with E-state index < -0.39 is 10.0 Å². The van der Waals surface area contributed by atoms with Gasteiger partial charge in [-0.15, -0.1) is 0 Å². The lowest BCUT2D eigenvalue weighted by molar-refractivity contribution is -0.120. The van der Waals surface area contributed by atoms with Crippen LogP contribution in [0, 0.1) is 5.92 Å². The zero-order valence-corrected chi connectivity index (χ0v) is 16.9. The molecule has 144 valence electrons. The van der Waals surface area contributed by atoms with Gasteiger partial charge in [-0.1, -0.05) is 42.1 Å². The van der Waals surface area contributed by atoms with Crippen molar-refractivity contribution in [1.29, 1.82) is 0 Å². The number of rotatable bonds is 6. The van der Waals surface area contributed by atoms with Crippen molar-refractivity contribution in [2.24, 2.45) is 5.92 Å². The highest BCUT2D eigenvalue weighted by molar-refractivity contribution is 7.99. The number of carbonyl (C=O) groups excluding carboxylic acids is 1. The molecular weight excluding hydrogens is 380 g/mol. The van der Waals surface area contributed by atoms with Crippen molar-refractivity contribution in [3.8, 4) is 0 Å². The van der Waals surface area contributed by atoms with Crippen molar-refractivity contribution in [1.82, 2.24) is 4.31 Å². The first kappa shape index (κ1) is 19.9. The molecule has 7 heteroatoms. The average Bonchev–Trinajstić information content (AvgIpc) is 2.70. The summed E-state index contributed by atoms with van der Waals surface area (Å²) >= 11 is 1.59. The van der Waals surface area contributed by atoms with Crippen LogP contribution in [0.5, 0.6) is 0 Å². The van der Waals surface area contributed by atoms with Crippen LogP contribution in [-0.2, 0) is 14.8 Å². The van der Waals surface area contributed by atoms with Gasteiger partial charge in [0.2, 0.25) is 15.9 Å². The molecule has 1 aliphatic rings. The van der Waals surface area contributed by atoms with Gasteiger partial charge in [-0.2, -0.15) is 0 Å². The smallest absolute Gasteiger partial charge is 0.228 e. The molecule has 0 spiro atoms. The van der Waals surface area contributed by atoms with Crippen molar-refractivity contribution in [3.05, 3.63) is 54.6 Å². The van der Waals surface area contributed by atoms with Crippen LogP contribution < -0.4 is 5.32 Å². The van der Waals surface area contributed by atoms with Crippen molar-refractivity contribution in [2.75, 3.05) is 24.2 Å². The SMILES string of the molecule is CCS(=O)(=O)N1CCC[C@@H](C(=O)Nc2ccccc2Sc2ccccc2)C1. The average molecular weight is 405 g/mol. The molecule has 2 aromatic carbocycles. The van der Waals surface area contributed by atoms with E-state index in [1.54, 1.807) is 18.7 Å². The summed E-state index contributed by atoms with van der Waals surface area (Å²) < 4.78 is 25.7. The van der Waals surface area contributed by atoms with E-state index in [1.165, 1.54) is 4.31 Å². The molecule has 3 rings (SSSR count). The van der Waals surface area contributed by atoms with Gasteiger partial charge in [-0.05, 0) is 44.0 Å². The van der Waals surface area contributed by atoms with Gasteiger partial charge in [0, 0.05) is 22.9 Å². The van der Waals surface area contributed by atoms with Gasteiger partial charge in [0.05, 0.1) is 17.4 Å². The number of hydrogen-bond acceptors (Lipinski definition) is 4. The third kappa shape index (κ3) is 5.12. The van der Waals surface area contributed by atoms with Gasteiger partial charge in [0.15, 0.2) is 0 Å². The number of sulfonamides is 1. The van der Waals surface area contributed by atoms with Gasteiger partial charge in [0.25, 0.3) is 0 Å². The predicted molar refractivity (Wildman–Crippen MR) is 109 cm³/mol. The normalized spacial score (nSPS) is 18.2. The van der Waals surface area contributed by atoms with Crippen molar-refractivity contribution >= 4 is 33.4 Å². The first-order valence-electron chi connectivity index (χ1n) is 9.10. The molecule has 0 bridgehead atoms. The van der Waals surface area contributed by atoms with Gasteiger partial charge in [-0.3, -0.25) is 4.79 Å². The molecule has 2 aromatic rings. The molecule has 5 nitrogen and oxygen atoms in total.